The second kappa shape index (κ2) is 7.65. The Bertz CT molecular complexity index is 1010. The van der Waals surface area contributed by atoms with Gasteiger partial charge in [0, 0.05) is 47.4 Å². The number of hydrogen-bond acceptors (Lipinski definition) is 7. The summed E-state index contributed by atoms with van der Waals surface area (Å²) in [6.07, 6.45) is 0.926. The van der Waals surface area contributed by atoms with Gasteiger partial charge in [0.1, 0.15) is 11.6 Å². The first kappa shape index (κ1) is 18.5. The lowest BCUT2D eigenvalue weighted by atomic mass is 10.2. The quantitative estimate of drug-likeness (QED) is 0.704. The van der Waals surface area contributed by atoms with Crippen LogP contribution in [0.1, 0.15) is 32.4 Å². The van der Waals surface area contributed by atoms with Crippen molar-refractivity contribution in [3.05, 3.63) is 58.0 Å². The molecule has 3 aromatic rings. The van der Waals surface area contributed by atoms with Crippen LogP contribution in [0, 0.1) is 13.8 Å². The fourth-order valence-electron chi connectivity index (χ4n) is 3.21. The van der Waals surface area contributed by atoms with Crippen molar-refractivity contribution in [1.29, 1.82) is 0 Å². The third-order valence-electron chi connectivity index (χ3n) is 4.51. The number of carbonyl (C=O) groups excluding carboxylic acids is 1. The van der Waals surface area contributed by atoms with Crippen LogP contribution < -0.4 is 10.6 Å². The minimum Gasteiger partial charge on any atom is -0.340 e. The molecule has 1 aliphatic heterocycles. The van der Waals surface area contributed by atoms with Gasteiger partial charge in [0.2, 0.25) is 0 Å². The summed E-state index contributed by atoms with van der Waals surface area (Å²) in [5.74, 6) is 1.24. The molecule has 0 atom stereocenters. The Morgan fingerprint density at radius 1 is 1.18 bits per heavy atom. The maximum Gasteiger partial charge on any atom is 0.257 e. The first-order chi connectivity index (χ1) is 13.5. The van der Waals surface area contributed by atoms with E-state index in [2.05, 4.69) is 37.5 Å². The standard InChI is InChI=1S/C20H22N6OS/c1-12-9-18(22-13(2)21-12)23-15-6-4-5-14(10-15)19(27)25-20-24-16-7-8-26(3)11-17(16)28-20/h4-6,9-10H,7-8,11H2,1-3H3,(H,21,22,23)(H,24,25,27). The molecule has 3 heterocycles. The number of nitrogens with zero attached hydrogens (tertiary/aromatic N) is 4. The number of carbonyl (C=O) groups is 1. The maximum atomic E-state index is 12.7. The fourth-order valence-corrected chi connectivity index (χ4v) is 4.30. The summed E-state index contributed by atoms with van der Waals surface area (Å²) in [4.78, 5) is 29.4. The average Bonchev–Trinajstić information content (AvgIpc) is 3.02. The van der Waals surface area contributed by atoms with Crippen LogP contribution in [0.15, 0.2) is 30.3 Å². The van der Waals surface area contributed by atoms with E-state index >= 15 is 0 Å². The molecule has 0 saturated carbocycles. The molecule has 0 bridgehead atoms. The van der Waals surface area contributed by atoms with Crippen molar-refractivity contribution in [1.82, 2.24) is 19.9 Å². The van der Waals surface area contributed by atoms with E-state index in [-0.39, 0.29) is 5.91 Å². The van der Waals surface area contributed by atoms with E-state index in [1.165, 1.54) is 4.88 Å². The Hall–Kier alpha value is -2.84. The highest BCUT2D eigenvalue weighted by Crippen LogP contribution is 2.28. The maximum absolute atomic E-state index is 12.7. The summed E-state index contributed by atoms with van der Waals surface area (Å²) in [6.45, 7) is 5.67. The summed E-state index contributed by atoms with van der Waals surface area (Å²) < 4.78 is 0. The second-order valence-corrected chi connectivity index (χ2v) is 8.06. The zero-order valence-corrected chi connectivity index (χ0v) is 16.9. The second-order valence-electron chi connectivity index (χ2n) is 6.98. The van der Waals surface area contributed by atoms with Crippen molar-refractivity contribution in [2.45, 2.75) is 26.8 Å². The highest BCUT2D eigenvalue weighted by atomic mass is 32.1. The first-order valence-electron chi connectivity index (χ1n) is 9.14. The van der Waals surface area contributed by atoms with Gasteiger partial charge < -0.3 is 10.2 Å². The third kappa shape index (κ3) is 4.18. The van der Waals surface area contributed by atoms with E-state index in [0.29, 0.717) is 22.3 Å². The fraction of sp³-hybridized carbons (Fsp3) is 0.300. The third-order valence-corrected chi connectivity index (χ3v) is 5.50. The molecule has 2 N–H and O–H groups in total. The minimum atomic E-state index is -0.168. The van der Waals surface area contributed by atoms with Crippen molar-refractivity contribution >= 4 is 33.9 Å². The molecule has 1 amide bonds. The van der Waals surface area contributed by atoms with Gasteiger partial charge in [-0.25, -0.2) is 15.0 Å². The van der Waals surface area contributed by atoms with E-state index in [4.69, 9.17) is 0 Å². The normalized spacial score (nSPS) is 13.8. The molecule has 0 saturated heterocycles. The SMILES string of the molecule is Cc1cc(Nc2cccc(C(=O)Nc3nc4c(s3)CN(C)CC4)c2)nc(C)n1. The van der Waals surface area contributed by atoms with Gasteiger partial charge in [0.25, 0.3) is 5.91 Å². The van der Waals surface area contributed by atoms with Crippen LogP contribution in [-0.4, -0.2) is 39.4 Å². The number of amides is 1. The summed E-state index contributed by atoms with van der Waals surface area (Å²) in [6, 6.07) is 9.22. The van der Waals surface area contributed by atoms with Crippen molar-refractivity contribution in [3.8, 4) is 0 Å². The molecule has 7 nitrogen and oxygen atoms in total. The van der Waals surface area contributed by atoms with Gasteiger partial charge >= 0.3 is 0 Å². The highest BCUT2D eigenvalue weighted by Gasteiger charge is 2.19. The van der Waals surface area contributed by atoms with Crippen LogP contribution >= 0.6 is 11.3 Å². The Kier molecular flexibility index (Phi) is 5.06. The van der Waals surface area contributed by atoms with Crippen molar-refractivity contribution in [2.24, 2.45) is 0 Å². The Labute approximate surface area is 167 Å². The largest absolute Gasteiger partial charge is 0.340 e. The molecule has 8 heteroatoms. The molecule has 144 valence electrons. The van der Waals surface area contributed by atoms with Gasteiger partial charge in [0.15, 0.2) is 5.13 Å². The summed E-state index contributed by atoms with van der Waals surface area (Å²) >= 11 is 1.55. The number of aryl methyl sites for hydroxylation is 2. The molecule has 1 aromatic carbocycles. The van der Waals surface area contributed by atoms with Crippen LogP contribution in [0.25, 0.3) is 0 Å². The summed E-state index contributed by atoms with van der Waals surface area (Å²) in [5, 5.41) is 6.83. The van der Waals surface area contributed by atoms with Crippen LogP contribution in [0.2, 0.25) is 0 Å². The molecule has 0 unspecified atom stereocenters. The number of benzene rings is 1. The Balaban J connectivity index is 1.48. The zero-order chi connectivity index (χ0) is 19.7. The number of anilines is 3. The molecular weight excluding hydrogens is 372 g/mol. The van der Waals surface area contributed by atoms with Gasteiger partial charge in [-0.1, -0.05) is 6.07 Å². The van der Waals surface area contributed by atoms with Gasteiger partial charge in [-0.3, -0.25) is 10.1 Å². The number of nitrogens with one attached hydrogen (secondary N) is 2. The topological polar surface area (TPSA) is 83.0 Å². The molecule has 0 radical (unpaired) electrons. The van der Waals surface area contributed by atoms with Crippen LogP contribution in [0.3, 0.4) is 0 Å². The van der Waals surface area contributed by atoms with Crippen molar-refractivity contribution in [2.75, 3.05) is 24.2 Å². The van der Waals surface area contributed by atoms with E-state index < -0.39 is 0 Å². The lowest BCUT2D eigenvalue weighted by molar-refractivity contribution is 0.102. The number of likely N-dealkylation sites (N-methyl/N-ethyl adjacent to an activating group) is 1. The predicted octanol–water partition coefficient (Wildman–Crippen LogP) is 3.53. The van der Waals surface area contributed by atoms with Gasteiger partial charge in [-0.2, -0.15) is 0 Å². The van der Waals surface area contributed by atoms with Gasteiger partial charge in [-0.15, -0.1) is 11.3 Å². The summed E-state index contributed by atoms with van der Waals surface area (Å²) in [5.41, 5.74) is 3.36. The zero-order valence-electron chi connectivity index (χ0n) is 16.1. The molecule has 0 aliphatic carbocycles. The van der Waals surface area contributed by atoms with E-state index in [0.717, 1.165) is 36.6 Å². The predicted molar refractivity (Wildman–Crippen MR) is 111 cm³/mol. The number of aromatic nitrogens is 3. The van der Waals surface area contributed by atoms with E-state index in [1.54, 1.807) is 17.4 Å². The molecule has 28 heavy (non-hydrogen) atoms. The number of fused-ring (bicyclic) bond motifs is 1. The first-order valence-corrected chi connectivity index (χ1v) is 9.96. The molecule has 1 aliphatic rings. The molecule has 2 aromatic heterocycles. The Morgan fingerprint density at radius 3 is 2.86 bits per heavy atom. The minimum absolute atomic E-state index is 0.168. The van der Waals surface area contributed by atoms with Gasteiger partial charge in [-0.05, 0) is 39.1 Å². The molecule has 4 rings (SSSR count). The molecule has 0 fully saturated rings. The number of thiazole rings is 1. The average molecular weight is 395 g/mol. The number of rotatable bonds is 4. The highest BCUT2D eigenvalue weighted by molar-refractivity contribution is 7.15. The Morgan fingerprint density at radius 2 is 2.04 bits per heavy atom. The summed E-state index contributed by atoms with van der Waals surface area (Å²) in [7, 11) is 2.10. The van der Waals surface area contributed by atoms with Gasteiger partial charge in [0.05, 0.1) is 5.69 Å². The number of hydrogen-bond donors (Lipinski definition) is 2. The van der Waals surface area contributed by atoms with Crippen LogP contribution in [-0.2, 0) is 13.0 Å². The molecular formula is C20H22N6OS. The monoisotopic (exact) mass is 394 g/mol. The van der Waals surface area contributed by atoms with Crippen LogP contribution in [0.5, 0.6) is 0 Å². The van der Waals surface area contributed by atoms with Crippen LogP contribution in [0.4, 0.5) is 16.6 Å². The lowest BCUT2D eigenvalue weighted by Gasteiger charge is -2.20. The lowest BCUT2D eigenvalue weighted by Crippen LogP contribution is -2.25. The van der Waals surface area contributed by atoms with E-state index in [9.17, 15) is 4.79 Å². The smallest absolute Gasteiger partial charge is 0.257 e. The molecule has 0 spiro atoms. The van der Waals surface area contributed by atoms with Crippen molar-refractivity contribution in [3.63, 3.8) is 0 Å². The van der Waals surface area contributed by atoms with E-state index in [1.807, 2.05) is 38.1 Å². The van der Waals surface area contributed by atoms with Crippen molar-refractivity contribution < 1.29 is 4.79 Å².